The summed E-state index contributed by atoms with van der Waals surface area (Å²) in [6, 6.07) is 0. The Kier molecular flexibility index (Phi) is 3.35. The van der Waals surface area contributed by atoms with Gasteiger partial charge in [0.1, 0.15) is 30.6 Å². The van der Waals surface area contributed by atoms with Crippen LogP contribution < -0.4 is 5.46 Å². The summed E-state index contributed by atoms with van der Waals surface area (Å²) in [5, 5.41) is 0. The third-order valence-corrected chi connectivity index (χ3v) is 1.92. The zero-order valence-corrected chi connectivity index (χ0v) is 7.98. The molecule has 0 saturated carbocycles. The lowest BCUT2D eigenvalue weighted by molar-refractivity contribution is -0.150. The molecule has 0 fully saturated rings. The largest absolute Gasteiger partial charge is 0.422 e. The summed E-state index contributed by atoms with van der Waals surface area (Å²) in [7, 11) is 4.43. The Morgan fingerprint density at radius 2 is 0.889 bits per heavy atom. The molecule has 0 amide bonds. The van der Waals surface area contributed by atoms with Gasteiger partial charge in [-0.25, -0.2) is 13.2 Å². The van der Waals surface area contributed by atoms with Gasteiger partial charge in [-0.2, -0.15) is 26.3 Å². The van der Waals surface area contributed by atoms with Gasteiger partial charge in [0.05, 0.1) is 0 Å². The molecule has 0 heterocycles. The van der Waals surface area contributed by atoms with Crippen molar-refractivity contribution >= 4 is 13.3 Å². The first-order chi connectivity index (χ1) is 7.89. The first-order valence-electron chi connectivity index (χ1n) is 3.99. The fraction of sp³-hybridized carbons (Fsp3) is 0.250. The average Bonchev–Trinajstić information content (AvgIpc) is 2.09. The van der Waals surface area contributed by atoms with Crippen molar-refractivity contribution in [2.45, 2.75) is 12.4 Å². The van der Waals surface area contributed by atoms with Crippen LogP contribution in [-0.4, -0.2) is 7.85 Å². The first kappa shape index (κ1) is 14.7. The molecule has 0 spiro atoms. The number of hydrogen-bond acceptors (Lipinski definition) is 0. The smallest absolute Gasteiger partial charge is 0.207 e. The van der Waals surface area contributed by atoms with Crippen LogP contribution in [0.4, 0.5) is 39.5 Å². The van der Waals surface area contributed by atoms with Crippen molar-refractivity contribution in [3.05, 3.63) is 28.6 Å². The molecule has 0 saturated heterocycles. The maximum absolute atomic E-state index is 13.0. The SMILES string of the molecule is [B]c1c(F)c(C(F)(F)F)c(F)c(C(F)(F)F)c1F. The molecule has 0 unspecified atom stereocenters. The van der Waals surface area contributed by atoms with Crippen LogP contribution in [-0.2, 0) is 12.4 Å². The van der Waals surface area contributed by atoms with Crippen molar-refractivity contribution in [2.75, 3.05) is 0 Å². The highest BCUT2D eigenvalue weighted by molar-refractivity contribution is 6.32. The van der Waals surface area contributed by atoms with Gasteiger partial charge < -0.3 is 0 Å². The van der Waals surface area contributed by atoms with Crippen molar-refractivity contribution in [3.8, 4) is 0 Å². The zero-order valence-electron chi connectivity index (χ0n) is 7.98. The molecule has 18 heavy (non-hydrogen) atoms. The highest BCUT2D eigenvalue weighted by Crippen LogP contribution is 2.40. The molecule has 0 atom stereocenters. The Morgan fingerprint density at radius 1 is 0.611 bits per heavy atom. The second-order valence-electron chi connectivity index (χ2n) is 3.10. The predicted octanol–water partition coefficient (Wildman–Crippen LogP) is 2.94. The fourth-order valence-electron chi connectivity index (χ4n) is 1.18. The molecule has 0 nitrogen and oxygen atoms in total. The molecule has 98 valence electrons. The van der Waals surface area contributed by atoms with Gasteiger partial charge in [0, 0.05) is 0 Å². The van der Waals surface area contributed by atoms with Crippen molar-refractivity contribution in [2.24, 2.45) is 0 Å². The van der Waals surface area contributed by atoms with E-state index in [1.165, 1.54) is 0 Å². The predicted molar refractivity (Wildman–Crippen MR) is 41.7 cm³/mol. The van der Waals surface area contributed by atoms with Gasteiger partial charge in [0.2, 0.25) is 0 Å². The Hall–Kier alpha value is -1.35. The highest BCUT2D eigenvalue weighted by atomic mass is 19.4. The van der Waals surface area contributed by atoms with E-state index in [-0.39, 0.29) is 0 Å². The van der Waals surface area contributed by atoms with Crippen LogP contribution in [0.2, 0.25) is 0 Å². The number of hydrogen-bond donors (Lipinski definition) is 0. The highest BCUT2D eigenvalue weighted by Gasteiger charge is 2.47. The third-order valence-electron chi connectivity index (χ3n) is 1.92. The van der Waals surface area contributed by atoms with E-state index in [4.69, 9.17) is 0 Å². The molecular weight excluding hydrogens is 278 g/mol. The molecule has 0 aliphatic carbocycles. The molecular formula is C8BF9. The molecule has 10 heteroatoms. The Balaban J connectivity index is 3.83. The lowest BCUT2D eigenvalue weighted by atomic mass is 9.89. The molecule has 0 aliphatic rings. The molecule has 2 radical (unpaired) electrons. The van der Waals surface area contributed by atoms with E-state index >= 15 is 0 Å². The second-order valence-corrected chi connectivity index (χ2v) is 3.10. The van der Waals surface area contributed by atoms with E-state index < -0.39 is 46.4 Å². The Labute approximate surface area is 94.8 Å². The number of rotatable bonds is 0. The summed E-state index contributed by atoms with van der Waals surface area (Å²) in [6.45, 7) is 0. The van der Waals surface area contributed by atoms with Gasteiger partial charge in [-0.15, -0.1) is 0 Å². The molecule has 1 rings (SSSR count). The van der Waals surface area contributed by atoms with Crippen molar-refractivity contribution in [1.82, 2.24) is 0 Å². The van der Waals surface area contributed by atoms with Crippen LogP contribution in [0.15, 0.2) is 0 Å². The van der Waals surface area contributed by atoms with E-state index in [9.17, 15) is 39.5 Å². The fourth-order valence-corrected chi connectivity index (χ4v) is 1.18. The van der Waals surface area contributed by atoms with Crippen LogP contribution in [0.1, 0.15) is 11.1 Å². The average molecular weight is 278 g/mol. The van der Waals surface area contributed by atoms with E-state index in [0.29, 0.717) is 0 Å². The van der Waals surface area contributed by atoms with E-state index in [2.05, 4.69) is 7.85 Å². The minimum absolute atomic E-state index is 2.05. The first-order valence-corrected chi connectivity index (χ1v) is 3.99. The standard InChI is InChI=1S/C8BF9/c9-3-5(11)1(7(13,14)15)4(10)2(6(3)12)8(16,17)18. The maximum atomic E-state index is 13.0. The van der Waals surface area contributed by atoms with Crippen molar-refractivity contribution < 1.29 is 39.5 Å². The van der Waals surface area contributed by atoms with Crippen LogP contribution in [0.5, 0.6) is 0 Å². The van der Waals surface area contributed by atoms with Crippen LogP contribution in [0.25, 0.3) is 0 Å². The minimum Gasteiger partial charge on any atom is -0.207 e. The lowest BCUT2D eigenvalue weighted by Crippen LogP contribution is -2.29. The van der Waals surface area contributed by atoms with Gasteiger partial charge >= 0.3 is 12.4 Å². The van der Waals surface area contributed by atoms with E-state index in [1.54, 1.807) is 0 Å². The molecule has 1 aromatic carbocycles. The minimum atomic E-state index is -5.78. The summed E-state index contributed by atoms with van der Waals surface area (Å²) in [5.41, 5.74) is -7.81. The van der Waals surface area contributed by atoms with E-state index in [0.717, 1.165) is 0 Å². The second kappa shape index (κ2) is 4.09. The van der Waals surface area contributed by atoms with Crippen LogP contribution in [0.3, 0.4) is 0 Å². The van der Waals surface area contributed by atoms with Gasteiger partial charge in [0.25, 0.3) is 0 Å². The number of halogens is 9. The lowest BCUT2D eigenvalue weighted by Gasteiger charge is -2.17. The van der Waals surface area contributed by atoms with Crippen molar-refractivity contribution in [3.63, 3.8) is 0 Å². The molecule has 0 N–H and O–H groups in total. The summed E-state index contributed by atoms with van der Waals surface area (Å²) >= 11 is 0. The van der Waals surface area contributed by atoms with Gasteiger partial charge in [-0.3, -0.25) is 0 Å². The monoisotopic (exact) mass is 278 g/mol. The molecule has 1 aromatic rings. The van der Waals surface area contributed by atoms with Crippen LogP contribution >= 0.6 is 0 Å². The number of alkyl halides is 6. The molecule has 0 aliphatic heterocycles. The number of benzene rings is 1. The van der Waals surface area contributed by atoms with E-state index in [1.807, 2.05) is 0 Å². The maximum Gasteiger partial charge on any atom is 0.422 e. The summed E-state index contributed by atoms with van der Waals surface area (Å²) in [5.74, 6) is -8.32. The molecule has 0 bridgehead atoms. The Morgan fingerprint density at radius 3 is 1.11 bits per heavy atom. The topological polar surface area (TPSA) is 0 Å². The third kappa shape index (κ3) is 2.28. The van der Waals surface area contributed by atoms with Crippen LogP contribution in [0, 0.1) is 17.5 Å². The van der Waals surface area contributed by atoms with Gasteiger partial charge in [-0.1, -0.05) is 0 Å². The Bertz CT molecular complexity index is 444. The van der Waals surface area contributed by atoms with Crippen molar-refractivity contribution in [1.29, 1.82) is 0 Å². The van der Waals surface area contributed by atoms with Gasteiger partial charge in [0.15, 0.2) is 5.82 Å². The molecule has 0 aromatic heterocycles. The summed E-state index contributed by atoms with van der Waals surface area (Å²) in [6.07, 6.45) is -11.6. The quantitative estimate of drug-likeness (QED) is 0.505. The summed E-state index contributed by atoms with van der Waals surface area (Å²) in [4.78, 5) is 0. The zero-order chi connectivity index (χ0) is 14.5. The normalized spacial score (nSPS) is 12.9. The summed E-state index contributed by atoms with van der Waals surface area (Å²) < 4.78 is 112. The van der Waals surface area contributed by atoms with Gasteiger partial charge in [-0.05, 0) is 5.46 Å².